The summed E-state index contributed by atoms with van der Waals surface area (Å²) in [6.07, 6.45) is 9.66. The van der Waals surface area contributed by atoms with E-state index in [0.29, 0.717) is 46.7 Å². The van der Waals surface area contributed by atoms with Crippen LogP contribution in [0.15, 0.2) is 85.1 Å². The minimum Gasteiger partial charge on any atom is -0.372 e. The second-order valence-electron chi connectivity index (χ2n) is 15.9. The maximum Gasteiger partial charge on any atom is 0.255 e. The Morgan fingerprint density at radius 2 is 1.51 bits per heavy atom. The highest BCUT2D eigenvalue weighted by molar-refractivity contribution is 6.08. The summed E-state index contributed by atoms with van der Waals surface area (Å²) in [5.74, 6) is -0.426. The molecule has 11 nitrogen and oxygen atoms in total. The number of hydrogen-bond donors (Lipinski definition) is 2. The van der Waals surface area contributed by atoms with Gasteiger partial charge < -0.3 is 30.2 Å². The molecule has 1 aromatic heterocycles. The number of nitrogens with one attached hydrogen (secondary N) is 2. The predicted molar refractivity (Wildman–Crippen MR) is 225 cm³/mol. The lowest BCUT2D eigenvalue weighted by Gasteiger charge is -2.33. The molecule has 298 valence electrons. The van der Waals surface area contributed by atoms with Crippen LogP contribution in [0, 0.1) is 5.92 Å². The number of carbonyl (C=O) groups is 4. The summed E-state index contributed by atoms with van der Waals surface area (Å²) >= 11 is 0. The van der Waals surface area contributed by atoms with Crippen molar-refractivity contribution >= 4 is 35.0 Å². The quantitative estimate of drug-likeness (QED) is 0.175. The summed E-state index contributed by atoms with van der Waals surface area (Å²) in [6, 6.07) is 24.6. The van der Waals surface area contributed by atoms with Crippen LogP contribution in [0.25, 0.3) is 11.3 Å². The second-order valence-corrected chi connectivity index (χ2v) is 15.9. The van der Waals surface area contributed by atoms with Gasteiger partial charge in [0.2, 0.25) is 5.91 Å². The molecule has 2 saturated heterocycles. The summed E-state index contributed by atoms with van der Waals surface area (Å²) < 4.78 is 0. The van der Waals surface area contributed by atoms with Gasteiger partial charge >= 0.3 is 0 Å². The van der Waals surface area contributed by atoms with Crippen molar-refractivity contribution in [3.05, 3.63) is 113 Å². The zero-order chi connectivity index (χ0) is 39.9. The summed E-state index contributed by atoms with van der Waals surface area (Å²) in [4.78, 5) is 66.3. The van der Waals surface area contributed by atoms with Crippen molar-refractivity contribution in [3.8, 4) is 11.3 Å². The summed E-state index contributed by atoms with van der Waals surface area (Å²) in [6.45, 7) is 4.81. The molecule has 1 unspecified atom stereocenters. The topological polar surface area (TPSA) is 118 Å². The third kappa shape index (κ3) is 9.53. The number of amides is 4. The molecular formula is C46H55N7O4. The number of rotatable bonds is 11. The molecular weight excluding hydrogens is 715 g/mol. The van der Waals surface area contributed by atoms with Crippen molar-refractivity contribution in [1.29, 1.82) is 0 Å². The van der Waals surface area contributed by atoms with Crippen molar-refractivity contribution < 1.29 is 19.2 Å². The Morgan fingerprint density at radius 3 is 2.30 bits per heavy atom. The van der Waals surface area contributed by atoms with E-state index < -0.39 is 0 Å². The third-order valence-corrected chi connectivity index (χ3v) is 11.8. The largest absolute Gasteiger partial charge is 0.372 e. The molecule has 0 spiro atoms. The van der Waals surface area contributed by atoms with Gasteiger partial charge in [-0.3, -0.25) is 24.2 Å². The molecule has 11 heteroatoms. The molecule has 1 aliphatic carbocycles. The second kappa shape index (κ2) is 18.1. The van der Waals surface area contributed by atoms with Crippen LogP contribution in [0.1, 0.15) is 93.2 Å². The minimum absolute atomic E-state index is 0.0531. The van der Waals surface area contributed by atoms with Crippen LogP contribution in [-0.4, -0.2) is 104 Å². The van der Waals surface area contributed by atoms with E-state index in [4.69, 9.17) is 4.98 Å². The zero-order valence-corrected chi connectivity index (χ0v) is 33.5. The van der Waals surface area contributed by atoms with Crippen LogP contribution in [-0.2, 0) is 11.2 Å². The Morgan fingerprint density at radius 1 is 0.754 bits per heavy atom. The zero-order valence-electron chi connectivity index (χ0n) is 33.5. The van der Waals surface area contributed by atoms with Crippen LogP contribution in [0.5, 0.6) is 0 Å². The minimum atomic E-state index is -0.348. The highest BCUT2D eigenvalue weighted by atomic mass is 16.2. The first-order chi connectivity index (χ1) is 27.6. The lowest BCUT2D eigenvalue weighted by atomic mass is 9.87. The molecule has 4 amide bonds. The molecule has 57 heavy (non-hydrogen) atoms. The Bertz CT molecular complexity index is 2090. The van der Waals surface area contributed by atoms with Crippen molar-refractivity contribution in [1.82, 2.24) is 25.0 Å². The van der Waals surface area contributed by atoms with Gasteiger partial charge in [0, 0.05) is 87.4 Å². The molecule has 1 atom stereocenters. The first-order valence-corrected chi connectivity index (χ1v) is 20.5. The monoisotopic (exact) mass is 769 g/mol. The van der Waals surface area contributed by atoms with E-state index in [1.165, 1.54) is 17.5 Å². The molecule has 3 heterocycles. The first-order valence-electron chi connectivity index (χ1n) is 20.5. The van der Waals surface area contributed by atoms with Gasteiger partial charge in [0.15, 0.2) is 0 Å². The van der Waals surface area contributed by atoms with Crippen LogP contribution in [0.4, 0.5) is 11.4 Å². The molecule has 2 fully saturated rings. The molecule has 0 saturated carbocycles. The molecule has 7 rings (SSSR count). The molecule has 4 aromatic rings. The van der Waals surface area contributed by atoms with Gasteiger partial charge in [-0.25, -0.2) is 0 Å². The maximum absolute atomic E-state index is 13.9. The Labute approximate surface area is 336 Å². The Kier molecular flexibility index (Phi) is 12.6. The van der Waals surface area contributed by atoms with Gasteiger partial charge in [0.05, 0.1) is 17.4 Å². The number of pyridine rings is 1. The number of likely N-dealkylation sites (N-methyl/N-ethyl adjacent to an activating group) is 1. The molecule has 0 bridgehead atoms. The van der Waals surface area contributed by atoms with E-state index in [-0.39, 0.29) is 35.6 Å². The first kappa shape index (κ1) is 39.7. The summed E-state index contributed by atoms with van der Waals surface area (Å²) in [5.41, 5.74) is 6.66. The number of aryl methyl sites for hydroxylation is 1. The van der Waals surface area contributed by atoms with Gasteiger partial charge in [-0.05, 0) is 124 Å². The van der Waals surface area contributed by atoms with E-state index in [2.05, 4.69) is 38.6 Å². The number of likely N-dealkylation sites (tertiary alicyclic amines) is 1. The molecule has 0 radical (unpaired) electrons. The number of carbonyl (C=O) groups excluding carboxylic acids is 4. The summed E-state index contributed by atoms with van der Waals surface area (Å²) in [7, 11) is 5.38. The van der Waals surface area contributed by atoms with Crippen molar-refractivity contribution in [3.63, 3.8) is 0 Å². The number of piperidine rings is 2. The maximum atomic E-state index is 13.9. The Hall–Kier alpha value is -5.55. The van der Waals surface area contributed by atoms with Crippen LogP contribution in [0.2, 0.25) is 0 Å². The highest BCUT2D eigenvalue weighted by Gasteiger charge is 2.27. The molecule has 2 N–H and O–H groups in total. The lowest BCUT2D eigenvalue weighted by Crippen LogP contribution is -2.43. The fourth-order valence-corrected chi connectivity index (χ4v) is 8.44. The SMILES string of the molecule is CN(C)C(=O)C1CCN(CCN(C)C(=O)c2cccc(C(=O)Nc3ccc(N4CCCCC4)cc3-c3cc(C(=O)NC4CCCc5ccccc54)ccn3)c2)CC1. The highest BCUT2D eigenvalue weighted by Crippen LogP contribution is 2.34. The van der Waals surface area contributed by atoms with Gasteiger partial charge in [-0.1, -0.05) is 30.3 Å². The number of anilines is 2. The fourth-order valence-electron chi connectivity index (χ4n) is 8.44. The van der Waals surface area contributed by atoms with Crippen LogP contribution < -0.4 is 15.5 Å². The van der Waals surface area contributed by atoms with Crippen molar-refractivity contribution in [2.45, 2.75) is 57.4 Å². The Balaban J connectivity index is 1.06. The predicted octanol–water partition coefficient (Wildman–Crippen LogP) is 6.67. The molecule has 3 aliphatic rings. The van der Waals surface area contributed by atoms with Crippen molar-refractivity contribution in [2.75, 3.05) is 70.6 Å². The number of fused-ring (bicyclic) bond motifs is 1. The third-order valence-electron chi connectivity index (χ3n) is 11.8. The average Bonchev–Trinajstić information content (AvgIpc) is 3.25. The van der Waals surface area contributed by atoms with E-state index in [9.17, 15) is 19.2 Å². The van der Waals surface area contributed by atoms with Crippen LogP contribution >= 0.6 is 0 Å². The van der Waals surface area contributed by atoms with Gasteiger partial charge in [0.25, 0.3) is 17.7 Å². The van der Waals surface area contributed by atoms with Crippen molar-refractivity contribution in [2.24, 2.45) is 5.92 Å². The van der Waals surface area contributed by atoms with E-state index in [0.717, 1.165) is 76.8 Å². The normalized spacial score (nSPS) is 17.3. The smallest absolute Gasteiger partial charge is 0.255 e. The van der Waals surface area contributed by atoms with Gasteiger partial charge in [0.1, 0.15) is 0 Å². The van der Waals surface area contributed by atoms with E-state index >= 15 is 0 Å². The number of hydrogen-bond acceptors (Lipinski definition) is 7. The average molecular weight is 770 g/mol. The fraction of sp³-hybridized carbons (Fsp3) is 0.413. The van der Waals surface area contributed by atoms with E-state index in [1.54, 1.807) is 73.5 Å². The van der Waals surface area contributed by atoms with Crippen LogP contribution in [0.3, 0.4) is 0 Å². The number of aromatic nitrogens is 1. The number of nitrogens with zero attached hydrogens (tertiary/aromatic N) is 5. The molecule has 3 aromatic carbocycles. The number of benzene rings is 3. The van der Waals surface area contributed by atoms with Gasteiger partial charge in [-0.15, -0.1) is 0 Å². The van der Waals surface area contributed by atoms with E-state index in [1.807, 2.05) is 24.3 Å². The van der Waals surface area contributed by atoms with Gasteiger partial charge in [-0.2, -0.15) is 0 Å². The molecule has 2 aliphatic heterocycles. The summed E-state index contributed by atoms with van der Waals surface area (Å²) in [5, 5.41) is 6.37. The lowest BCUT2D eigenvalue weighted by molar-refractivity contribution is -0.134. The standard InChI is InChI=1S/C46H55N7O4/c1-50(2)45(56)33-20-25-52(26-21-33)28-27-51(3)46(57)36-14-9-13-34(29-36)43(54)49-41-18-17-37(53-23-7-4-8-24-53)31-39(41)42-30-35(19-22-47-42)44(55)48-40-16-10-12-32-11-5-6-15-38(32)40/h5-6,9,11,13-15,17-19,22,29-31,33,40H,4,7-8,10,12,16,20-21,23-28H2,1-3H3,(H,48,55)(H,49,54).